The Balaban J connectivity index is 0.00000312. The number of hydrogen-bond acceptors (Lipinski definition) is 5. The number of aryl methyl sites for hydroxylation is 2. The smallest absolute Gasteiger partial charge is 0.259 e. The first-order valence-electron chi connectivity index (χ1n) is 8.23. The van der Waals surface area contributed by atoms with Crippen LogP contribution in [-0.4, -0.2) is 54.5 Å². The van der Waals surface area contributed by atoms with Gasteiger partial charge in [0.05, 0.1) is 0 Å². The molecule has 0 saturated carbocycles. The van der Waals surface area contributed by atoms with E-state index >= 15 is 0 Å². The highest BCUT2D eigenvalue weighted by atomic mass is 35.5. The van der Waals surface area contributed by atoms with Crippen molar-refractivity contribution < 1.29 is 13.2 Å². The van der Waals surface area contributed by atoms with Gasteiger partial charge in [-0.25, -0.2) is 18.1 Å². The Morgan fingerprint density at radius 3 is 2.72 bits per heavy atom. The normalized spacial score (nSPS) is 21.0. The molecule has 2 unspecified atom stereocenters. The van der Waals surface area contributed by atoms with Crippen molar-refractivity contribution >= 4 is 28.3 Å². The van der Waals surface area contributed by atoms with Gasteiger partial charge in [-0.2, -0.15) is 0 Å². The summed E-state index contributed by atoms with van der Waals surface area (Å²) in [4.78, 5) is 18.2. The molecule has 144 valence electrons. The molecule has 10 heteroatoms. The second kappa shape index (κ2) is 8.98. The third-order valence-corrected chi connectivity index (χ3v) is 5.89. The lowest BCUT2D eigenvalue weighted by molar-refractivity contribution is -0.135. The van der Waals surface area contributed by atoms with Crippen LogP contribution in [-0.2, 0) is 21.9 Å². The van der Waals surface area contributed by atoms with Gasteiger partial charge in [-0.3, -0.25) is 4.79 Å². The average Bonchev–Trinajstić information content (AvgIpc) is 2.87. The lowest BCUT2D eigenvalue weighted by Crippen LogP contribution is -2.49. The number of rotatable bonds is 6. The van der Waals surface area contributed by atoms with Crippen molar-refractivity contribution in [3.05, 3.63) is 12.0 Å². The van der Waals surface area contributed by atoms with E-state index in [9.17, 15) is 13.2 Å². The SMILES string of the molecule is Cc1nc(S(=O)(=O)NCCC(=O)N2CCC(C)CC2CN)cn1C.Cl. The number of nitrogens with zero attached hydrogens (tertiary/aromatic N) is 3. The first-order valence-corrected chi connectivity index (χ1v) is 9.72. The van der Waals surface area contributed by atoms with Crippen LogP contribution in [0.2, 0.25) is 0 Å². The Morgan fingerprint density at radius 2 is 2.16 bits per heavy atom. The van der Waals surface area contributed by atoms with Gasteiger partial charge in [0.25, 0.3) is 10.0 Å². The fourth-order valence-electron chi connectivity index (χ4n) is 2.97. The number of halogens is 1. The maximum Gasteiger partial charge on any atom is 0.259 e. The monoisotopic (exact) mass is 393 g/mol. The zero-order valence-corrected chi connectivity index (χ0v) is 16.6. The maximum atomic E-state index is 12.4. The Labute approximate surface area is 155 Å². The first kappa shape index (κ1) is 21.9. The van der Waals surface area contributed by atoms with Crippen LogP contribution in [0.4, 0.5) is 0 Å². The van der Waals surface area contributed by atoms with Gasteiger partial charge in [-0.05, 0) is 25.7 Å². The van der Waals surface area contributed by atoms with E-state index in [1.165, 1.54) is 6.20 Å². The van der Waals surface area contributed by atoms with Crippen molar-refractivity contribution in [2.45, 2.75) is 44.2 Å². The van der Waals surface area contributed by atoms with Crippen LogP contribution in [0.1, 0.15) is 32.0 Å². The second-order valence-corrected chi connectivity index (χ2v) is 8.21. The Kier molecular flexibility index (Phi) is 7.86. The summed E-state index contributed by atoms with van der Waals surface area (Å²) >= 11 is 0. The van der Waals surface area contributed by atoms with E-state index in [0.29, 0.717) is 24.8 Å². The summed E-state index contributed by atoms with van der Waals surface area (Å²) in [6.07, 6.45) is 3.44. The number of sulfonamides is 1. The highest BCUT2D eigenvalue weighted by Crippen LogP contribution is 2.22. The molecule has 1 fully saturated rings. The number of piperidine rings is 1. The highest BCUT2D eigenvalue weighted by Gasteiger charge is 2.28. The largest absolute Gasteiger partial charge is 0.338 e. The lowest BCUT2D eigenvalue weighted by atomic mass is 9.92. The molecular weight excluding hydrogens is 366 g/mol. The fraction of sp³-hybridized carbons (Fsp3) is 0.733. The lowest BCUT2D eigenvalue weighted by Gasteiger charge is -2.38. The van der Waals surface area contributed by atoms with Crippen molar-refractivity contribution in [1.29, 1.82) is 0 Å². The Hall–Kier alpha value is -1.16. The van der Waals surface area contributed by atoms with E-state index in [0.717, 1.165) is 12.8 Å². The summed E-state index contributed by atoms with van der Waals surface area (Å²) in [6, 6.07) is 0.0521. The summed E-state index contributed by atoms with van der Waals surface area (Å²) in [6.45, 7) is 5.07. The minimum absolute atomic E-state index is 0. The summed E-state index contributed by atoms with van der Waals surface area (Å²) < 4.78 is 28.5. The van der Waals surface area contributed by atoms with Gasteiger partial charge in [0.15, 0.2) is 5.03 Å². The summed E-state index contributed by atoms with van der Waals surface area (Å²) in [5, 5.41) is -0.0263. The predicted molar refractivity (Wildman–Crippen MR) is 98.0 cm³/mol. The van der Waals surface area contributed by atoms with E-state index in [2.05, 4.69) is 16.6 Å². The maximum absolute atomic E-state index is 12.4. The third kappa shape index (κ3) is 5.40. The molecule has 2 atom stereocenters. The molecule has 1 aliphatic heterocycles. The van der Waals surface area contributed by atoms with Crippen molar-refractivity contribution in [2.75, 3.05) is 19.6 Å². The van der Waals surface area contributed by atoms with Crippen LogP contribution in [0.3, 0.4) is 0 Å². The molecule has 3 N–H and O–H groups in total. The van der Waals surface area contributed by atoms with Gasteiger partial charge in [0, 0.05) is 45.3 Å². The van der Waals surface area contributed by atoms with Crippen LogP contribution < -0.4 is 10.5 Å². The van der Waals surface area contributed by atoms with Gasteiger partial charge in [-0.15, -0.1) is 12.4 Å². The average molecular weight is 394 g/mol. The van der Waals surface area contributed by atoms with Crippen LogP contribution in [0.25, 0.3) is 0 Å². The van der Waals surface area contributed by atoms with Gasteiger partial charge in [-0.1, -0.05) is 6.92 Å². The van der Waals surface area contributed by atoms with E-state index in [1.807, 2.05) is 0 Å². The van der Waals surface area contributed by atoms with Gasteiger partial charge in [0.2, 0.25) is 5.91 Å². The number of nitrogens with one attached hydrogen (secondary N) is 1. The molecule has 0 aromatic carbocycles. The van der Waals surface area contributed by atoms with Crippen LogP contribution >= 0.6 is 12.4 Å². The molecule has 2 heterocycles. The molecule has 8 nitrogen and oxygen atoms in total. The zero-order chi connectivity index (χ0) is 17.9. The number of carbonyl (C=O) groups excluding carboxylic acids is 1. The van der Waals surface area contributed by atoms with Gasteiger partial charge < -0.3 is 15.2 Å². The number of nitrogens with two attached hydrogens (primary N) is 1. The molecule has 1 aromatic heterocycles. The number of imidazole rings is 1. The molecule has 1 aromatic rings. The van der Waals surface area contributed by atoms with Crippen LogP contribution in [0.15, 0.2) is 11.2 Å². The van der Waals surface area contributed by atoms with Crippen molar-refractivity contribution in [1.82, 2.24) is 19.2 Å². The predicted octanol–water partition coefficient (Wildman–Crippen LogP) is 0.405. The van der Waals surface area contributed by atoms with Gasteiger partial charge in [0.1, 0.15) is 5.82 Å². The molecule has 1 aliphatic rings. The van der Waals surface area contributed by atoms with Crippen molar-refractivity contribution in [3.8, 4) is 0 Å². The number of hydrogen-bond donors (Lipinski definition) is 2. The zero-order valence-electron chi connectivity index (χ0n) is 14.9. The first-order chi connectivity index (χ1) is 11.2. The highest BCUT2D eigenvalue weighted by molar-refractivity contribution is 7.89. The van der Waals surface area contributed by atoms with Crippen molar-refractivity contribution in [3.63, 3.8) is 0 Å². The summed E-state index contributed by atoms with van der Waals surface area (Å²) in [5.74, 6) is 1.12. The summed E-state index contributed by atoms with van der Waals surface area (Å²) in [7, 11) is -1.96. The minimum Gasteiger partial charge on any atom is -0.338 e. The number of likely N-dealkylation sites (tertiary alicyclic amines) is 1. The summed E-state index contributed by atoms with van der Waals surface area (Å²) in [5.41, 5.74) is 5.77. The molecule has 0 spiro atoms. The fourth-order valence-corrected chi connectivity index (χ4v) is 4.04. The van der Waals surface area contributed by atoms with E-state index in [1.54, 1.807) is 23.4 Å². The standard InChI is InChI=1S/C15H27N5O3S.ClH/c1-11-5-7-20(13(8-11)9-16)15(21)4-6-17-24(22,23)14-10-19(3)12(2)18-14;/h10-11,13,17H,4-9,16H2,1-3H3;1H. The topological polar surface area (TPSA) is 110 Å². The van der Waals surface area contributed by atoms with E-state index in [-0.39, 0.29) is 42.3 Å². The Morgan fingerprint density at radius 1 is 1.48 bits per heavy atom. The van der Waals surface area contributed by atoms with Crippen LogP contribution in [0.5, 0.6) is 0 Å². The van der Waals surface area contributed by atoms with Crippen LogP contribution in [0, 0.1) is 12.8 Å². The molecule has 2 rings (SSSR count). The van der Waals surface area contributed by atoms with Gasteiger partial charge >= 0.3 is 0 Å². The third-order valence-electron chi connectivity index (χ3n) is 4.56. The van der Waals surface area contributed by atoms with Crippen molar-refractivity contribution in [2.24, 2.45) is 18.7 Å². The molecule has 0 radical (unpaired) electrons. The minimum atomic E-state index is -3.69. The number of amides is 1. The quantitative estimate of drug-likeness (QED) is 0.727. The number of carbonyl (C=O) groups is 1. The molecule has 25 heavy (non-hydrogen) atoms. The molecule has 0 aliphatic carbocycles. The van der Waals surface area contributed by atoms with E-state index < -0.39 is 10.0 Å². The second-order valence-electron chi connectivity index (χ2n) is 6.49. The molecule has 1 amide bonds. The molecular formula is C15H28ClN5O3S. The molecule has 0 bridgehead atoms. The number of aromatic nitrogens is 2. The van der Waals surface area contributed by atoms with E-state index in [4.69, 9.17) is 5.73 Å². The Bertz CT molecular complexity index is 672. The molecule has 1 saturated heterocycles.